The monoisotopic (exact) mass is 368 g/mol. The summed E-state index contributed by atoms with van der Waals surface area (Å²) in [5.41, 5.74) is 2.56. The predicted octanol–water partition coefficient (Wildman–Crippen LogP) is 1.59. The predicted molar refractivity (Wildman–Crippen MR) is 102 cm³/mol. The molecule has 0 aliphatic heterocycles. The van der Waals surface area contributed by atoms with Crippen molar-refractivity contribution in [2.75, 3.05) is 13.6 Å². The van der Waals surface area contributed by atoms with Crippen LogP contribution in [-0.4, -0.2) is 55.9 Å². The standard InChI is InChI=1S/C19H24N6O2/c1-13(10-11-20-18(26)16-9-6-12-23(16)2)24(3)19(27)14-7-5-8-15-17(14)21-22-25(15)4/h5-9,12-13H,10-11H2,1-4H3,(H,20,26). The van der Waals surface area contributed by atoms with Crippen molar-refractivity contribution in [3.8, 4) is 0 Å². The summed E-state index contributed by atoms with van der Waals surface area (Å²) in [4.78, 5) is 26.7. The molecule has 8 nitrogen and oxygen atoms in total. The minimum atomic E-state index is -0.118. The van der Waals surface area contributed by atoms with Crippen LogP contribution in [0.15, 0.2) is 36.5 Å². The molecule has 0 saturated heterocycles. The molecule has 1 unspecified atom stereocenters. The first kappa shape index (κ1) is 18.6. The Balaban J connectivity index is 1.61. The number of aryl methyl sites for hydroxylation is 2. The number of carbonyl (C=O) groups excluding carboxylic acids is 2. The highest BCUT2D eigenvalue weighted by molar-refractivity contribution is 6.04. The van der Waals surface area contributed by atoms with Gasteiger partial charge in [0.25, 0.3) is 11.8 Å². The number of nitrogens with zero attached hydrogens (tertiary/aromatic N) is 5. The molecule has 142 valence electrons. The summed E-state index contributed by atoms with van der Waals surface area (Å²) in [6, 6.07) is 9.04. The number of rotatable bonds is 6. The maximum absolute atomic E-state index is 12.9. The van der Waals surface area contributed by atoms with E-state index in [-0.39, 0.29) is 17.9 Å². The lowest BCUT2D eigenvalue weighted by atomic mass is 10.1. The van der Waals surface area contributed by atoms with E-state index in [1.807, 2.05) is 38.4 Å². The van der Waals surface area contributed by atoms with Gasteiger partial charge in [0.15, 0.2) is 0 Å². The molecule has 0 spiro atoms. The SMILES string of the molecule is CC(CCNC(=O)c1cccn1C)N(C)C(=O)c1cccc2c1nnn2C. The van der Waals surface area contributed by atoms with E-state index in [1.165, 1.54) is 0 Å². The third kappa shape index (κ3) is 3.69. The lowest BCUT2D eigenvalue weighted by Gasteiger charge is -2.25. The molecule has 0 bridgehead atoms. The summed E-state index contributed by atoms with van der Waals surface area (Å²) in [6.07, 6.45) is 2.48. The Bertz CT molecular complexity index is 974. The Morgan fingerprint density at radius 1 is 1.22 bits per heavy atom. The van der Waals surface area contributed by atoms with Gasteiger partial charge in [-0.25, -0.2) is 4.68 Å². The fourth-order valence-electron chi connectivity index (χ4n) is 3.00. The van der Waals surface area contributed by atoms with Gasteiger partial charge in [0.2, 0.25) is 0 Å². The molecule has 2 amide bonds. The largest absolute Gasteiger partial charge is 0.351 e. The van der Waals surface area contributed by atoms with Gasteiger partial charge >= 0.3 is 0 Å². The van der Waals surface area contributed by atoms with Crippen molar-refractivity contribution in [3.05, 3.63) is 47.8 Å². The minimum Gasteiger partial charge on any atom is -0.351 e. The maximum atomic E-state index is 12.9. The molecule has 0 saturated carbocycles. The Morgan fingerprint density at radius 2 is 2.00 bits per heavy atom. The Hall–Kier alpha value is -3.16. The number of aromatic nitrogens is 4. The first-order chi connectivity index (χ1) is 12.9. The molecule has 2 aromatic heterocycles. The van der Waals surface area contributed by atoms with Crippen molar-refractivity contribution >= 4 is 22.8 Å². The normalized spacial score (nSPS) is 12.1. The van der Waals surface area contributed by atoms with E-state index < -0.39 is 0 Å². The second-order valence-corrected chi connectivity index (χ2v) is 6.70. The van der Waals surface area contributed by atoms with Crippen molar-refractivity contribution in [2.24, 2.45) is 14.1 Å². The molecular formula is C19H24N6O2. The van der Waals surface area contributed by atoms with Gasteiger partial charge in [0.1, 0.15) is 11.2 Å². The van der Waals surface area contributed by atoms with Gasteiger partial charge in [-0.3, -0.25) is 9.59 Å². The van der Waals surface area contributed by atoms with Crippen molar-refractivity contribution in [2.45, 2.75) is 19.4 Å². The third-order valence-corrected chi connectivity index (χ3v) is 4.88. The van der Waals surface area contributed by atoms with E-state index >= 15 is 0 Å². The van der Waals surface area contributed by atoms with Crippen LogP contribution in [0, 0.1) is 0 Å². The van der Waals surface area contributed by atoms with Crippen LogP contribution in [-0.2, 0) is 14.1 Å². The molecule has 0 aliphatic carbocycles. The summed E-state index contributed by atoms with van der Waals surface area (Å²) in [6.45, 7) is 2.45. The molecule has 1 N–H and O–H groups in total. The summed E-state index contributed by atoms with van der Waals surface area (Å²) in [5.74, 6) is -0.227. The number of carbonyl (C=O) groups is 2. The Morgan fingerprint density at radius 3 is 2.70 bits per heavy atom. The lowest BCUT2D eigenvalue weighted by Crippen LogP contribution is -2.38. The average molecular weight is 368 g/mol. The Labute approximate surface area is 157 Å². The van der Waals surface area contributed by atoms with Gasteiger partial charge in [0.05, 0.1) is 11.1 Å². The van der Waals surface area contributed by atoms with Gasteiger partial charge in [-0.05, 0) is 37.6 Å². The van der Waals surface area contributed by atoms with Crippen LogP contribution < -0.4 is 5.32 Å². The van der Waals surface area contributed by atoms with E-state index in [9.17, 15) is 9.59 Å². The molecule has 27 heavy (non-hydrogen) atoms. The Kier molecular flexibility index (Phi) is 5.25. The zero-order valence-electron chi connectivity index (χ0n) is 16.0. The summed E-state index contributed by atoms with van der Waals surface area (Å²) < 4.78 is 3.42. The van der Waals surface area contributed by atoms with Crippen LogP contribution in [0.25, 0.3) is 11.0 Å². The molecule has 0 radical (unpaired) electrons. The molecule has 1 atom stereocenters. The van der Waals surface area contributed by atoms with E-state index in [2.05, 4.69) is 15.6 Å². The van der Waals surface area contributed by atoms with Crippen LogP contribution in [0.3, 0.4) is 0 Å². The zero-order chi connectivity index (χ0) is 19.6. The van der Waals surface area contributed by atoms with Crippen LogP contribution in [0.1, 0.15) is 34.2 Å². The second kappa shape index (κ2) is 7.61. The number of amides is 2. The van der Waals surface area contributed by atoms with Crippen molar-refractivity contribution in [1.82, 2.24) is 29.8 Å². The average Bonchev–Trinajstić information content (AvgIpc) is 3.26. The third-order valence-electron chi connectivity index (χ3n) is 4.88. The lowest BCUT2D eigenvalue weighted by molar-refractivity contribution is 0.0738. The quantitative estimate of drug-likeness (QED) is 0.716. The fraction of sp³-hybridized carbons (Fsp3) is 0.368. The van der Waals surface area contributed by atoms with E-state index in [4.69, 9.17) is 0 Å². The number of nitrogens with one attached hydrogen (secondary N) is 1. The number of hydrogen-bond acceptors (Lipinski definition) is 4. The van der Waals surface area contributed by atoms with Crippen molar-refractivity contribution in [1.29, 1.82) is 0 Å². The van der Waals surface area contributed by atoms with Crippen LogP contribution in [0.5, 0.6) is 0 Å². The van der Waals surface area contributed by atoms with Gasteiger partial charge in [0, 0.05) is 39.9 Å². The van der Waals surface area contributed by atoms with Gasteiger partial charge in [-0.15, -0.1) is 5.10 Å². The molecule has 3 rings (SSSR count). The first-order valence-corrected chi connectivity index (χ1v) is 8.85. The van der Waals surface area contributed by atoms with Crippen LogP contribution in [0.2, 0.25) is 0 Å². The van der Waals surface area contributed by atoms with Gasteiger partial charge < -0.3 is 14.8 Å². The van der Waals surface area contributed by atoms with Crippen LogP contribution in [0.4, 0.5) is 0 Å². The summed E-state index contributed by atoms with van der Waals surface area (Å²) in [5, 5.41) is 11.0. The highest BCUT2D eigenvalue weighted by Gasteiger charge is 2.21. The van der Waals surface area contributed by atoms with Crippen LogP contribution >= 0.6 is 0 Å². The molecule has 2 heterocycles. The zero-order valence-corrected chi connectivity index (χ0v) is 16.0. The smallest absolute Gasteiger partial charge is 0.267 e. The summed E-state index contributed by atoms with van der Waals surface area (Å²) in [7, 11) is 5.39. The molecular weight excluding hydrogens is 344 g/mol. The van der Waals surface area contributed by atoms with Crippen molar-refractivity contribution < 1.29 is 9.59 Å². The number of benzene rings is 1. The topological polar surface area (TPSA) is 85.1 Å². The number of fused-ring (bicyclic) bond motifs is 1. The second-order valence-electron chi connectivity index (χ2n) is 6.70. The highest BCUT2D eigenvalue weighted by atomic mass is 16.2. The van der Waals surface area contributed by atoms with E-state index in [1.54, 1.807) is 40.4 Å². The minimum absolute atomic E-state index is 0.0434. The summed E-state index contributed by atoms with van der Waals surface area (Å²) >= 11 is 0. The molecule has 0 aliphatic rings. The molecule has 8 heteroatoms. The number of hydrogen-bond donors (Lipinski definition) is 1. The molecule has 3 aromatic rings. The van der Waals surface area contributed by atoms with E-state index in [0.717, 1.165) is 5.52 Å². The fourth-order valence-corrected chi connectivity index (χ4v) is 3.00. The maximum Gasteiger partial charge on any atom is 0.267 e. The van der Waals surface area contributed by atoms with Crippen molar-refractivity contribution in [3.63, 3.8) is 0 Å². The van der Waals surface area contributed by atoms with E-state index in [0.29, 0.717) is 29.7 Å². The molecule has 0 fully saturated rings. The van der Waals surface area contributed by atoms with Gasteiger partial charge in [-0.1, -0.05) is 11.3 Å². The van der Waals surface area contributed by atoms with Gasteiger partial charge in [-0.2, -0.15) is 0 Å². The highest BCUT2D eigenvalue weighted by Crippen LogP contribution is 2.18. The molecule has 1 aromatic carbocycles. The first-order valence-electron chi connectivity index (χ1n) is 8.85.